The van der Waals surface area contributed by atoms with Crippen molar-refractivity contribution in [1.29, 1.82) is 0 Å². The Kier molecular flexibility index (Phi) is 2.78. The molecular weight excluding hydrogens is 210 g/mol. The van der Waals surface area contributed by atoms with E-state index >= 15 is 0 Å². The maximum atomic E-state index is 5.72. The molecule has 0 aliphatic carbocycles. The predicted molar refractivity (Wildman–Crippen MR) is 61.0 cm³/mol. The van der Waals surface area contributed by atoms with Crippen LogP contribution in [0.4, 0.5) is 0 Å². The van der Waals surface area contributed by atoms with Crippen LogP contribution in [0.2, 0.25) is 0 Å². The fourth-order valence-corrected chi connectivity index (χ4v) is 1.62. The van der Waals surface area contributed by atoms with Gasteiger partial charge >= 0.3 is 0 Å². The van der Waals surface area contributed by atoms with Crippen LogP contribution in [0, 0.1) is 13.8 Å². The van der Waals surface area contributed by atoms with Gasteiger partial charge < -0.3 is 4.42 Å². The van der Waals surface area contributed by atoms with Gasteiger partial charge in [-0.2, -0.15) is 0 Å². The molecule has 0 saturated heterocycles. The SMILES string of the molecule is Cc1ccc(-c2nc(C)c(CCl)o2)cc1. The molecule has 0 unspecified atom stereocenters. The lowest BCUT2D eigenvalue weighted by molar-refractivity contribution is 0.536. The van der Waals surface area contributed by atoms with E-state index in [9.17, 15) is 0 Å². The van der Waals surface area contributed by atoms with Gasteiger partial charge in [0.2, 0.25) is 5.89 Å². The number of hydrogen-bond donors (Lipinski definition) is 0. The predicted octanol–water partition coefficient (Wildman–Crippen LogP) is 3.70. The lowest BCUT2D eigenvalue weighted by Gasteiger charge is -1.95. The highest BCUT2D eigenvalue weighted by atomic mass is 35.5. The number of rotatable bonds is 2. The van der Waals surface area contributed by atoms with Crippen LogP contribution in [-0.4, -0.2) is 4.98 Å². The molecule has 2 nitrogen and oxygen atoms in total. The Morgan fingerprint density at radius 2 is 1.87 bits per heavy atom. The number of aryl methyl sites for hydroxylation is 2. The van der Waals surface area contributed by atoms with Crippen LogP contribution in [-0.2, 0) is 5.88 Å². The molecule has 78 valence electrons. The van der Waals surface area contributed by atoms with Crippen LogP contribution in [0.5, 0.6) is 0 Å². The summed E-state index contributed by atoms with van der Waals surface area (Å²) in [5.74, 6) is 1.75. The Morgan fingerprint density at radius 1 is 1.20 bits per heavy atom. The van der Waals surface area contributed by atoms with Crippen molar-refractivity contribution in [2.24, 2.45) is 0 Å². The Morgan fingerprint density at radius 3 is 2.40 bits per heavy atom. The topological polar surface area (TPSA) is 26.0 Å². The van der Waals surface area contributed by atoms with Gasteiger partial charge in [0.1, 0.15) is 5.76 Å². The zero-order valence-electron chi connectivity index (χ0n) is 8.75. The molecule has 1 aromatic carbocycles. The van der Waals surface area contributed by atoms with E-state index in [-0.39, 0.29) is 0 Å². The average molecular weight is 222 g/mol. The Balaban J connectivity index is 2.41. The lowest BCUT2D eigenvalue weighted by atomic mass is 10.1. The second-order valence-electron chi connectivity index (χ2n) is 3.53. The summed E-state index contributed by atoms with van der Waals surface area (Å²) < 4.78 is 5.55. The van der Waals surface area contributed by atoms with Crippen molar-refractivity contribution in [2.75, 3.05) is 0 Å². The molecule has 0 spiro atoms. The third-order valence-electron chi connectivity index (χ3n) is 2.31. The Labute approximate surface area is 93.9 Å². The van der Waals surface area contributed by atoms with Gasteiger partial charge in [-0.25, -0.2) is 4.98 Å². The van der Waals surface area contributed by atoms with Crippen LogP contribution in [0.1, 0.15) is 17.0 Å². The summed E-state index contributed by atoms with van der Waals surface area (Å²) in [5.41, 5.74) is 3.07. The number of benzene rings is 1. The first-order valence-corrected chi connectivity index (χ1v) is 5.33. The summed E-state index contributed by atoms with van der Waals surface area (Å²) in [6.45, 7) is 3.95. The molecule has 0 aliphatic rings. The number of nitrogens with zero attached hydrogens (tertiary/aromatic N) is 1. The van der Waals surface area contributed by atoms with Crippen LogP contribution in [0.3, 0.4) is 0 Å². The Hall–Kier alpha value is -1.28. The second kappa shape index (κ2) is 4.07. The number of aromatic nitrogens is 1. The minimum absolute atomic E-state index is 0.366. The van der Waals surface area contributed by atoms with Gasteiger partial charge in [-0.15, -0.1) is 11.6 Å². The van der Waals surface area contributed by atoms with Gasteiger partial charge in [0.15, 0.2) is 0 Å². The van der Waals surface area contributed by atoms with E-state index < -0.39 is 0 Å². The highest BCUT2D eigenvalue weighted by molar-refractivity contribution is 6.16. The van der Waals surface area contributed by atoms with Crippen molar-refractivity contribution < 1.29 is 4.42 Å². The van der Waals surface area contributed by atoms with E-state index in [0.717, 1.165) is 17.0 Å². The fraction of sp³-hybridized carbons (Fsp3) is 0.250. The zero-order chi connectivity index (χ0) is 10.8. The monoisotopic (exact) mass is 221 g/mol. The number of hydrogen-bond acceptors (Lipinski definition) is 2. The standard InChI is InChI=1S/C12H12ClNO/c1-8-3-5-10(6-4-8)12-14-9(2)11(7-13)15-12/h3-6H,7H2,1-2H3. The van der Waals surface area contributed by atoms with Crippen LogP contribution >= 0.6 is 11.6 Å². The molecule has 0 bridgehead atoms. The van der Waals surface area contributed by atoms with Crippen molar-refractivity contribution >= 4 is 11.6 Å². The maximum absolute atomic E-state index is 5.72. The van der Waals surface area contributed by atoms with Gasteiger partial charge in [0.05, 0.1) is 11.6 Å². The van der Waals surface area contributed by atoms with Crippen LogP contribution in [0.25, 0.3) is 11.5 Å². The minimum atomic E-state index is 0.366. The molecule has 0 fully saturated rings. The maximum Gasteiger partial charge on any atom is 0.226 e. The lowest BCUT2D eigenvalue weighted by Crippen LogP contribution is -1.78. The minimum Gasteiger partial charge on any atom is -0.440 e. The molecule has 1 aromatic heterocycles. The molecular formula is C12H12ClNO. The van der Waals surface area contributed by atoms with Gasteiger partial charge in [-0.1, -0.05) is 17.7 Å². The molecule has 0 radical (unpaired) electrons. The number of alkyl halides is 1. The first-order valence-electron chi connectivity index (χ1n) is 4.80. The normalized spacial score (nSPS) is 10.6. The summed E-state index contributed by atoms with van der Waals surface area (Å²) in [5, 5.41) is 0. The summed E-state index contributed by atoms with van der Waals surface area (Å²) >= 11 is 5.72. The van der Waals surface area contributed by atoms with Gasteiger partial charge in [-0.05, 0) is 26.0 Å². The quantitative estimate of drug-likeness (QED) is 0.723. The molecule has 0 aliphatic heterocycles. The number of oxazole rings is 1. The highest BCUT2D eigenvalue weighted by Gasteiger charge is 2.09. The average Bonchev–Trinajstić information content (AvgIpc) is 2.61. The smallest absolute Gasteiger partial charge is 0.226 e. The van der Waals surface area contributed by atoms with E-state index in [1.165, 1.54) is 5.56 Å². The van der Waals surface area contributed by atoms with E-state index in [0.29, 0.717) is 11.8 Å². The summed E-state index contributed by atoms with van der Waals surface area (Å²) in [4.78, 5) is 4.33. The first kappa shape index (κ1) is 10.2. The molecule has 2 rings (SSSR count). The van der Waals surface area contributed by atoms with Crippen molar-refractivity contribution in [3.63, 3.8) is 0 Å². The molecule has 0 amide bonds. The molecule has 0 atom stereocenters. The summed E-state index contributed by atoms with van der Waals surface area (Å²) in [6, 6.07) is 8.07. The second-order valence-corrected chi connectivity index (χ2v) is 3.79. The van der Waals surface area contributed by atoms with Crippen LogP contribution in [0.15, 0.2) is 28.7 Å². The summed E-state index contributed by atoms with van der Waals surface area (Å²) in [6.07, 6.45) is 0. The van der Waals surface area contributed by atoms with E-state index in [4.69, 9.17) is 16.0 Å². The fourth-order valence-electron chi connectivity index (χ4n) is 1.37. The molecule has 2 aromatic rings. The molecule has 3 heteroatoms. The molecule has 1 heterocycles. The third-order valence-corrected chi connectivity index (χ3v) is 2.56. The van der Waals surface area contributed by atoms with E-state index in [2.05, 4.69) is 11.9 Å². The van der Waals surface area contributed by atoms with Gasteiger partial charge in [-0.3, -0.25) is 0 Å². The zero-order valence-corrected chi connectivity index (χ0v) is 9.51. The van der Waals surface area contributed by atoms with E-state index in [1.807, 2.05) is 31.2 Å². The number of halogens is 1. The van der Waals surface area contributed by atoms with E-state index in [1.54, 1.807) is 0 Å². The molecule has 0 N–H and O–H groups in total. The van der Waals surface area contributed by atoms with Crippen molar-refractivity contribution in [3.05, 3.63) is 41.3 Å². The Bertz CT molecular complexity index is 459. The first-order chi connectivity index (χ1) is 7.20. The molecule has 15 heavy (non-hydrogen) atoms. The van der Waals surface area contributed by atoms with Gasteiger partial charge in [0.25, 0.3) is 0 Å². The van der Waals surface area contributed by atoms with Crippen LogP contribution < -0.4 is 0 Å². The van der Waals surface area contributed by atoms with Crippen molar-refractivity contribution in [2.45, 2.75) is 19.7 Å². The van der Waals surface area contributed by atoms with Crippen molar-refractivity contribution in [1.82, 2.24) is 4.98 Å². The van der Waals surface area contributed by atoms with Gasteiger partial charge in [0, 0.05) is 5.56 Å². The third kappa shape index (κ3) is 2.05. The highest BCUT2D eigenvalue weighted by Crippen LogP contribution is 2.22. The molecule has 0 saturated carbocycles. The van der Waals surface area contributed by atoms with Crippen molar-refractivity contribution in [3.8, 4) is 11.5 Å². The largest absolute Gasteiger partial charge is 0.440 e. The summed E-state index contributed by atoms with van der Waals surface area (Å²) in [7, 11) is 0.